The molecule has 0 radical (unpaired) electrons. The minimum absolute atomic E-state index is 0.176. The van der Waals surface area contributed by atoms with Gasteiger partial charge in [-0.2, -0.15) is 0 Å². The van der Waals surface area contributed by atoms with E-state index in [2.05, 4.69) is 0 Å². The van der Waals surface area contributed by atoms with Crippen LogP contribution in [0.25, 0.3) is 0 Å². The molecule has 0 heterocycles. The second kappa shape index (κ2) is 6.24. The number of likely N-dealkylation sites (N-methyl/N-ethyl adjacent to an activating group) is 1. The molecule has 1 saturated carbocycles. The van der Waals surface area contributed by atoms with Crippen LogP contribution in [-0.2, 0) is 11.2 Å². The predicted molar refractivity (Wildman–Crippen MR) is 74.8 cm³/mol. The lowest BCUT2D eigenvalue weighted by molar-refractivity contribution is -0.131. The average molecular weight is 266 g/mol. The number of rotatable bonds is 3. The zero-order valence-electron chi connectivity index (χ0n) is 10.9. The maximum Gasteiger partial charge on any atom is 0.227 e. The standard InChI is InChI=1S/C15H20ClNO/c1-17(13-8-3-2-4-9-13)15(18)11-12-7-5-6-10-14(12)16/h5-7,10,13H,2-4,8-9,11H2,1H3. The molecule has 1 aliphatic carbocycles. The van der Waals surface area contributed by atoms with E-state index in [1.807, 2.05) is 36.2 Å². The molecule has 0 atom stereocenters. The fraction of sp³-hybridized carbons (Fsp3) is 0.533. The molecule has 1 fully saturated rings. The van der Waals surface area contributed by atoms with Crippen molar-refractivity contribution in [1.82, 2.24) is 4.90 Å². The Labute approximate surface area is 114 Å². The van der Waals surface area contributed by atoms with Crippen LogP contribution in [0, 0.1) is 0 Å². The normalized spacial score (nSPS) is 16.6. The number of halogens is 1. The molecule has 1 aromatic rings. The first-order chi connectivity index (χ1) is 8.68. The monoisotopic (exact) mass is 265 g/mol. The van der Waals surface area contributed by atoms with Crippen molar-refractivity contribution in [2.75, 3.05) is 7.05 Å². The largest absolute Gasteiger partial charge is 0.342 e. The summed E-state index contributed by atoms with van der Waals surface area (Å²) >= 11 is 6.09. The Morgan fingerprint density at radius 2 is 1.94 bits per heavy atom. The molecule has 0 unspecified atom stereocenters. The van der Waals surface area contributed by atoms with Crippen molar-refractivity contribution in [3.05, 3.63) is 34.9 Å². The first-order valence-electron chi connectivity index (χ1n) is 6.67. The van der Waals surface area contributed by atoms with Crippen LogP contribution in [0.5, 0.6) is 0 Å². The summed E-state index contributed by atoms with van der Waals surface area (Å²) in [4.78, 5) is 14.2. The van der Waals surface area contributed by atoms with Crippen molar-refractivity contribution in [2.24, 2.45) is 0 Å². The van der Waals surface area contributed by atoms with Gasteiger partial charge < -0.3 is 4.90 Å². The van der Waals surface area contributed by atoms with Crippen LogP contribution in [0.4, 0.5) is 0 Å². The summed E-state index contributed by atoms with van der Waals surface area (Å²) in [5.74, 6) is 0.176. The van der Waals surface area contributed by atoms with E-state index < -0.39 is 0 Å². The molecule has 2 rings (SSSR count). The van der Waals surface area contributed by atoms with Crippen molar-refractivity contribution in [3.8, 4) is 0 Å². The van der Waals surface area contributed by atoms with Crippen LogP contribution < -0.4 is 0 Å². The Morgan fingerprint density at radius 3 is 2.61 bits per heavy atom. The van der Waals surface area contributed by atoms with Crippen LogP contribution in [0.2, 0.25) is 5.02 Å². The molecule has 98 valence electrons. The van der Waals surface area contributed by atoms with Gasteiger partial charge >= 0.3 is 0 Å². The summed E-state index contributed by atoms with van der Waals surface area (Å²) in [6, 6.07) is 8.00. The van der Waals surface area contributed by atoms with Gasteiger partial charge in [0.2, 0.25) is 5.91 Å². The van der Waals surface area contributed by atoms with Crippen LogP contribution in [0.15, 0.2) is 24.3 Å². The lowest BCUT2D eigenvalue weighted by Crippen LogP contribution is -2.39. The molecule has 1 amide bonds. The Kier molecular flexibility index (Phi) is 4.65. The first kappa shape index (κ1) is 13.4. The second-order valence-corrected chi connectivity index (χ2v) is 5.47. The smallest absolute Gasteiger partial charge is 0.227 e. The number of carbonyl (C=O) groups excluding carboxylic acids is 1. The topological polar surface area (TPSA) is 20.3 Å². The maximum atomic E-state index is 12.2. The third-order valence-electron chi connectivity index (χ3n) is 3.82. The highest BCUT2D eigenvalue weighted by atomic mass is 35.5. The summed E-state index contributed by atoms with van der Waals surface area (Å²) in [5.41, 5.74) is 0.923. The Morgan fingerprint density at radius 1 is 1.28 bits per heavy atom. The molecular weight excluding hydrogens is 246 g/mol. The predicted octanol–water partition coefficient (Wildman–Crippen LogP) is 3.67. The van der Waals surface area contributed by atoms with Gasteiger partial charge in [0.1, 0.15) is 0 Å². The Balaban J connectivity index is 1.97. The quantitative estimate of drug-likeness (QED) is 0.817. The van der Waals surface area contributed by atoms with Crippen molar-refractivity contribution in [1.29, 1.82) is 0 Å². The average Bonchev–Trinajstić information content (AvgIpc) is 2.41. The molecule has 0 saturated heterocycles. The number of nitrogens with zero attached hydrogens (tertiary/aromatic N) is 1. The first-order valence-corrected chi connectivity index (χ1v) is 7.05. The number of amides is 1. The van der Waals surface area contributed by atoms with Gasteiger partial charge in [0.05, 0.1) is 6.42 Å². The van der Waals surface area contributed by atoms with E-state index in [1.165, 1.54) is 19.3 Å². The van der Waals surface area contributed by atoms with Gasteiger partial charge in [0.25, 0.3) is 0 Å². The van der Waals surface area contributed by atoms with E-state index in [0.717, 1.165) is 18.4 Å². The molecule has 0 aromatic heterocycles. The fourth-order valence-corrected chi connectivity index (χ4v) is 2.80. The lowest BCUT2D eigenvalue weighted by atomic mass is 9.94. The summed E-state index contributed by atoms with van der Waals surface area (Å²) in [6.45, 7) is 0. The van der Waals surface area contributed by atoms with Crippen LogP contribution in [-0.4, -0.2) is 23.9 Å². The Bertz CT molecular complexity index is 413. The molecule has 0 aliphatic heterocycles. The van der Waals surface area contributed by atoms with Gasteiger partial charge in [0.15, 0.2) is 0 Å². The third kappa shape index (κ3) is 3.26. The molecule has 18 heavy (non-hydrogen) atoms. The highest BCUT2D eigenvalue weighted by Crippen LogP contribution is 2.23. The highest BCUT2D eigenvalue weighted by Gasteiger charge is 2.22. The van der Waals surface area contributed by atoms with Crippen molar-refractivity contribution in [3.63, 3.8) is 0 Å². The molecule has 0 bridgehead atoms. The summed E-state index contributed by atoms with van der Waals surface area (Å²) in [5, 5.41) is 0.683. The number of hydrogen-bond donors (Lipinski definition) is 0. The van der Waals surface area contributed by atoms with Gasteiger partial charge in [-0.25, -0.2) is 0 Å². The molecule has 3 heteroatoms. The summed E-state index contributed by atoms with van der Waals surface area (Å²) in [6.07, 6.45) is 6.49. The SMILES string of the molecule is CN(C(=O)Cc1ccccc1Cl)C1CCCCC1. The summed E-state index contributed by atoms with van der Waals surface area (Å²) in [7, 11) is 1.93. The zero-order chi connectivity index (χ0) is 13.0. The molecule has 1 aliphatic rings. The van der Waals surface area contributed by atoms with Crippen LogP contribution in [0.1, 0.15) is 37.7 Å². The fourth-order valence-electron chi connectivity index (χ4n) is 2.60. The van der Waals surface area contributed by atoms with E-state index >= 15 is 0 Å². The lowest BCUT2D eigenvalue weighted by Gasteiger charge is -2.31. The van der Waals surface area contributed by atoms with Crippen LogP contribution >= 0.6 is 11.6 Å². The molecule has 0 spiro atoms. The highest BCUT2D eigenvalue weighted by molar-refractivity contribution is 6.31. The number of benzene rings is 1. The second-order valence-electron chi connectivity index (χ2n) is 5.06. The number of hydrogen-bond acceptors (Lipinski definition) is 1. The van der Waals surface area contributed by atoms with Crippen molar-refractivity contribution < 1.29 is 4.79 Å². The van der Waals surface area contributed by atoms with Crippen LogP contribution in [0.3, 0.4) is 0 Å². The zero-order valence-corrected chi connectivity index (χ0v) is 11.6. The van der Waals surface area contributed by atoms with Gasteiger partial charge in [-0.15, -0.1) is 0 Å². The van der Waals surface area contributed by atoms with E-state index in [4.69, 9.17) is 11.6 Å². The van der Waals surface area contributed by atoms with Gasteiger partial charge in [-0.1, -0.05) is 49.1 Å². The molecule has 0 N–H and O–H groups in total. The van der Waals surface area contributed by atoms with Crippen molar-refractivity contribution in [2.45, 2.75) is 44.6 Å². The minimum Gasteiger partial charge on any atom is -0.342 e. The van der Waals surface area contributed by atoms with E-state index in [-0.39, 0.29) is 5.91 Å². The van der Waals surface area contributed by atoms with E-state index in [1.54, 1.807) is 0 Å². The van der Waals surface area contributed by atoms with E-state index in [9.17, 15) is 4.79 Å². The van der Waals surface area contributed by atoms with Crippen molar-refractivity contribution >= 4 is 17.5 Å². The van der Waals surface area contributed by atoms with E-state index in [0.29, 0.717) is 17.5 Å². The Hall–Kier alpha value is -1.02. The summed E-state index contributed by atoms with van der Waals surface area (Å²) < 4.78 is 0. The van der Waals surface area contributed by atoms with Gasteiger partial charge in [-0.3, -0.25) is 4.79 Å². The minimum atomic E-state index is 0.176. The number of carbonyl (C=O) groups is 1. The molecular formula is C15H20ClNO. The molecule has 2 nitrogen and oxygen atoms in total. The third-order valence-corrected chi connectivity index (χ3v) is 4.18. The molecule has 1 aromatic carbocycles. The maximum absolute atomic E-state index is 12.2. The van der Waals surface area contributed by atoms with Gasteiger partial charge in [-0.05, 0) is 24.5 Å². The van der Waals surface area contributed by atoms with Gasteiger partial charge in [0, 0.05) is 18.1 Å².